The van der Waals surface area contributed by atoms with Crippen LogP contribution in [0.5, 0.6) is 0 Å². The van der Waals surface area contributed by atoms with Crippen molar-refractivity contribution in [3.63, 3.8) is 0 Å². The second-order valence-corrected chi connectivity index (χ2v) is 9.02. The highest BCUT2D eigenvalue weighted by Crippen LogP contribution is 2.25. The van der Waals surface area contributed by atoms with Gasteiger partial charge in [0.15, 0.2) is 0 Å². The first-order chi connectivity index (χ1) is 17.1. The molecule has 0 unspecified atom stereocenters. The Morgan fingerprint density at radius 2 is 1.69 bits per heavy atom. The summed E-state index contributed by atoms with van der Waals surface area (Å²) in [5.74, 6) is -0.435. The number of hydrogen-bond acceptors (Lipinski definition) is 4. The van der Waals surface area contributed by atoms with Crippen molar-refractivity contribution in [2.45, 2.75) is 19.5 Å². The Labute approximate surface area is 206 Å². The van der Waals surface area contributed by atoms with Crippen LogP contribution >= 0.6 is 11.3 Å². The summed E-state index contributed by atoms with van der Waals surface area (Å²) in [6.45, 7) is 1.01. The number of carbonyl (C=O) groups excluding carboxylic acids is 1. The maximum absolute atomic E-state index is 13.5. The van der Waals surface area contributed by atoms with Gasteiger partial charge >= 0.3 is 0 Å². The van der Waals surface area contributed by atoms with Gasteiger partial charge in [-0.3, -0.25) is 9.48 Å². The fraction of sp³-hybridized carbons (Fsp3) is 0.107. The summed E-state index contributed by atoms with van der Waals surface area (Å²) in [6.07, 6.45) is 2.14. The highest BCUT2D eigenvalue weighted by molar-refractivity contribution is 7.13. The van der Waals surface area contributed by atoms with E-state index in [1.165, 1.54) is 23.5 Å². The molecule has 174 valence electrons. The quantitative estimate of drug-likeness (QED) is 0.308. The number of rotatable bonds is 8. The fourth-order valence-corrected chi connectivity index (χ4v) is 4.66. The maximum atomic E-state index is 13.5. The zero-order valence-electron chi connectivity index (χ0n) is 18.9. The van der Waals surface area contributed by atoms with Crippen molar-refractivity contribution >= 4 is 17.2 Å². The number of nitrogens with one attached hydrogen (secondary N) is 1. The second-order valence-electron chi connectivity index (χ2n) is 8.16. The van der Waals surface area contributed by atoms with E-state index in [9.17, 15) is 9.18 Å². The molecule has 3 aromatic carbocycles. The number of thiazole rings is 1. The molecule has 5 rings (SSSR count). The lowest BCUT2D eigenvalue weighted by Crippen LogP contribution is -2.24. The van der Waals surface area contributed by atoms with E-state index in [2.05, 4.69) is 22.4 Å². The molecule has 0 bridgehead atoms. The van der Waals surface area contributed by atoms with Crippen LogP contribution in [0, 0.1) is 5.82 Å². The molecule has 1 N–H and O–H groups in total. The van der Waals surface area contributed by atoms with Crippen molar-refractivity contribution in [3.05, 3.63) is 119 Å². The summed E-state index contributed by atoms with van der Waals surface area (Å²) in [7, 11) is 0. The van der Waals surface area contributed by atoms with Gasteiger partial charge in [-0.05, 0) is 17.7 Å². The summed E-state index contributed by atoms with van der Waals surface area (Å²) in [4.78, 5) is 17.2. The van der Waals surface area contributed by atoms with E-state index in [1.54, 1.807) is 6.07 Å². The minimum atomic E-state index is -0.306. The molecule has 0 atom stereocenters. The number of hydrogen-bond donors (Lipinski definition) is 1. The third-order valence-corrected chi connectivity index (χ3v) is 6.45. The zero-order valence-corrected chi connectivity index (χ0v) is 19.7. The lowest BCUT2D eigenvalue weighted by Gasteiger charge is -2.05. The van der Waals surface area contributed by atoms with Gasteiger partial charge in [-0.2, -0.15) is 5.10 Å². The number of aromatic nitrogens is 3. The molecule has 35 heavy (non-hydrogen) atoms. The number of halogens is 1. The Hall–Kier alpha value is -4.10. The van der Waals surface area contributed by atoms with Crippen LogP contribution in [0.4, 0.5) is 4.39 Å². The Morgan fingerprint density at radius 3 is 2.46 bits per heavy atom. The molecule has 0 saturated carbocycles. The molecule has 2 aromatic heterocycles. The van der Waals surface area contributed by atoms with Gasteiger partial charge in [-0.1, -0.05) is 72.8 Å². The minimum absolute atomic E-state index is 0.129. The van der Waals surface area contributed by atoms with Crippen LogP contribution in [-0.2, 0) is 24.3 Å². The van der Waals surface area contributed by atoms with E-state index in [-0.39, 0.29) is 18.1 Å². The van der Waals surface area contributed by atoms with Gasteiger partial charge in [0.05, 0.1) is 24.4 Å². The molecular formula is C28H23FN4OS. The van der Waals surface area contributed by atoms with Crippen molar-refractivity contribution in [1.82, 2.24) is 20.1 Å². The van der Waals surface area contributed by atoms with E-state index in [1.807, 2.05) is 70.9 Å². The molecular weight excluding hydrogens is 459 g/mol. The summed E-state index contributed by atoms with van der Waals surface area (Å²) in [5.41, 5.74) is 5.32. The van der Waals surface area contributed by atoms with Gasteiger partial charge in [0, 0.05) is 34.8 Å². The zero-order chi connectivity index (χ0) is 24.0. The van der Waals surface area contributed by atoms with Gasteiger partial charge < -0.3 is 5.32 Å². The highest BCUT2D eigenvalue weighted by atomic mass is 32.1. The molecule has 0 spiro atoms. The number of benzene rings is 3. The SMILES string of the molecule is O=C(Cc1csc(-c2cccc(F)c2)n1)NCc1cn(Cc2ccccc2)nc1-c1ccccc1. The van der Waals surface area contributed by atoms with Crippen LogP contribution in [0.25, 0.3) is 21.8 Å². The number of carbonyl (C=O) groups is 1. The topological polar surface area (TPSA) is 59.8 Å². The van der Waals surface area contributed by atoms with E-state index < -0.39 is 0 Å². The number of nitrogens with zero attached hydrogens (tertiary/aromatic N) is 3. The Morgan fingerprint density at radius 1 is 0.943 bits per heavy atom. The van der Waals surface area contributed by atoms with Crippen molar-refractivity contribution in [1.29, 1.82) is 0 Å². The molecule has 0 aliphatic carbocycles. The van der Waals surface area contributed by atoms with Gasteiger partial charge in [0.1, 0.15) is 10.8 Å². The van der Waals surface area contributed by atoms with Crippen LogP contribution in [0.3, 0.4) is 0 Å². The first-order valence-corrected chi connectivity index (χ1v) is 12.1. The highest BCUT2D eigenvalue weighted by Gasteiger charge is 2.14. The molecule has 0 radical (unpaired) electrons. The van der Waals surface area contributed by atoms with Crippen LogP contribution in [0.15, 0.2) is 96.5 Å². The minimum Gasteiger partial charge on any atom is -0.352 e. The second kappa shape index (κ2) is 10.4. The van der Waals surface area contributed by atoms with Gasteiger partial charge in [-0.25, -0.2) is 9.37 Å². The van der Waals surface area contributed by atoms with Crippen LogP contribution in [-0.4, -0.2) is 20.7 Å². The molecule has 5 nitrogen and oxygen atoms in total. The lowest BCUT2D eigenvalue weighted by atomic mass is 10.1. The molecule has 7 heteroatoms. The first-order valence-electron chi connectivity index (χ1n) is 11.3. The van der Waals surface area contributed by atoms with Crippen LogP contribution < -0.4 is 5.32 Å². The molecule has 0 fully saturated rings. The normalized spacial score (nSPS) is 10.9. The Balaban J connectivity index is 1.28. The fourth-order valence-electron chi connectivity index (χ4n) is 3.85. The maximum Gasteiger partial charge on any atom is 0.226 e. The van der Waals surface area contributed by atoms with E-state index in [0.717, 1.165) is 22.4 Å². The average Bonchev–Trinajstić information content (AvgIpc) is 3.51. The van der Waals surface area contributed by atoms with Crippen molar-refractivity contribution in [2.75, 3.05) is 0 Å². The molecule has 0 aliphatic heterocycles. The standard InChI is InChI=1S/C28H23FN4OS/c29-24-13-7-12-22(14-24)28-31-25(19-35-28)15-26(34)30-16-23-18-33(17-20-8-3-1-4-9-20)32-27(23)21-10-5-2-6-11-21/h1-14,18-19H,15-17H2,(H,30,34). The van der Waals surface area contributed by atoms with Crippen LogP contribution in [0.1, 0.15) is 16.8 Å². The van der Waals surface area contributed by atoms with E-state index in [0.29, 0.717) is 29.4 Å². The molecule has 1 amide bonds. The molecule has 0 aliphatic rings. The predicted molar refractivity (Wildman–Crippen MR) is 136 cm³/mol. The average molecular weight is 483 g/mol. The molecule has 2 heterocycles. The van der Waals surface area contributed by atoms with Crippen molar-refractivity contribution in [3.8, 4) is 21.8 Å². The molecule has 5 aromatic rings. The van der Waals surface area contributed by atoms with Crippen LogP contribution in [0.2, 0.25) is 0 Å². The summed E-state index contributed by atoms with van der Waals surface area (Å²) < 4.78 is 15.4. The summed E-state index contributed by atoms with van der Waals surface area (Å²) in [5, 5.41) is 10.3. The lowest BCUT2D eigenvalue weighted by molar-refractivity contribution is -0.120. The Kier molecular flexibility index (Phi) is 6.77. The van der Waals surface area contributed by atoms with E-state index >= 15 is 0 Å². The third-order valence-electron chi connectivity index (χ3n) is 5.51. The monoisotopic (exact) mass is 482 g/mol. The van der Waals surface area contributed by atoms with Gasteiger partial charge in [-0.15, -0.1) is 11.3 Å². The summed E-state index contributed by atoms with van der Waals surface area (Å²) in [6, 6.07) is 26.4. The van der Waals surface area contributed by atoms with Gasteiger partial charge in [0.25, 0.3) is 0 Å². The molecule has 0 saturated heterocycles. The van der Waals surface area contributed by atoms with E-state index in [4.69, 9.17) is 5.10 Å². The number of amides is 1. The third kappa shape index (κ3) is 5.70. The first kappa shape index (κ1) is 22.7. The smallest absolute Gasteiger partial charge is 0.226 e. The van der Waals surface area contributed by atoms with Gasteiger partial charge in [0.2, 0.25) is 5.91 Å². The van der Waals surface area contributed by atoms with Crippen molar-refractivity contribution < 1.29 is 9.18 Å². The Bertz CT molecular complexity index is 1430. The predicted octanol–water partition coefficient (Wildman–Crippen LogP) is 5.72. The summed E-state index contributed by atoms with van der Waals surface area (Å²) >= 11 is 1.40. The largest absolute Gasteiger partial charge is 0.352 e. The van der Waals surface area contributed by atoms with Crippen molar-refractivity contribution in [2.24, 2.45) is 0 Å².